The van der Waals surface area contributed by atoms with Crippen molar-refractivity contribution in [3.63, 3.8) is 0 Å². The molecule has 2 aromatic carbocycles. The molecular weight excluding hydrogens is 384 g/mol. The number of nitro groups is 1. The largest absolute Gasteiger partial charge is 0.355 e. The van der Waals surface area contributed by atoms with Gasteiger partial charge in [-0.05, 0) is 42.8 Å². The van der Waals surface area contributed by atoms with Crippen LogP contribution in [0.2, 0.25) is 5.02 Å². The smallest absolute Gasteiger partial charge is 0.334 e. The van der Waals surface area contributed by atoms with Crippen LogP contribution in [0.1, 0.15) is 15.9 Å². The van der Waals surface area contributed by atoms with Crippen LogP contribution in [0.5, 0.6) is 0 Å². The Labute approximate surface area is 164 Å². The van der Waals surface area contributed by atoms with Gasteiger partial charge in [0.25, 0.3) is 5.91 Å². The molecule has 3 rings (SSSR count). The third kappa shape index (κ3) is 4.51. The lowest BCUT2D eigenvalue weighted by atomic mass is 10.2. The normalized spacial score (nSPS) is 10.2. The van der Waals surface area contributed by atoms with E-state index in [-0.39, 0.29) is 17.2 Å². The molecular formula is C18H15ClN6O3. The van der Waals surface area contributed by atoms with Crippen LogP contribution in [-0.2, 0) is 0 Å². The first-order chi connectivity index (χ1) is 13.4. The van der Waals surface area contributed by atoms with E-state index in [2.05, 4.69) is 26.1 Å². The van der Waals surface area contributed by atoms with Crippen molar-refractivity contribution in [3.05, 3.63) is 81.1 Å². The van der Waals surface area contributed by atoms with Crippen molar-refractivity contribution in [2.45, 2.75) is 6.92 Å². The molecule has 28 heavy (non-hydrogen) atoms. The summed E-state index contributed by atoms with van der Waals surface area (Å²) in [6, 6.07) is 13.6. The minimum Gasteiger partial charge on any atom is -0.334 e. The fourth-order valence-corrected chi connectivity index (χ4v) is 2.60. The summed E-state index contributed by atoms with van der Waals surface area (Å²) in [4.78, 5) is 31.0. The summed E-state index contributed by atoms with van der Waals surface area (Å²) in [6.07, 6.45) is 1.15. The van der Waals surface area contributed by atoms with Gasteiger partial charge in [-0.2, -0.15) is 0 Å². The zero-order chi connectivity index (χ0) is 20.1. The molecule has 1 aromatic heterocycles. The number of hydrazine groups is 1. The van der Waals surface area contributed by atoms with Crippen LogP contribution in [0, 0.1) is 17.0 Å². The van der Waals surface area contributed by atoms with Crippen LogP contribution in [0.3, 0.4) is 0 Å². The number of carbonyl (C=O) groups is 1. The van der Waals surface area contributed by atoms with Crippen molar-refractivity contribution in [2.24, 2.45) is 0 Å². The second-order valence-corrected chi connectivity index (χ2v) is 6.20. The van der Waals surface area contributed by atoms with Crippen molar-refractivity contribution in [1.82, 2.24) is 15.4 Å². The molecule has 0 saturated heterocycles. The van der Waals surface area contributed by atoms with Gasteiger partial charge < -0.3 is 5.32 Å². The summed E-state index contributed by atoms with van der Waals surface area (Å²) in [5.74, 6) is -0.695. The number of aromatic nitrogens is 2. The molecule has 0 fully saturated rings. The minimum atomic E-state index is -0.633. The van der Waals surface area contributed by atoms with Gasteiger partial charge in [0.05, 0.1) is 4.92 Å². The molecule has 9 nitrogen and oxygen atoms in total. The Morgan fingerprint density at radius 3 is 2.57 bits per heavy atom. The average molecular weight is 399 g/mol. The van der Waals surface area contributed by atoms with E-state index >= 15 is 0 Å². The Kier molecular flexibility index (Phi) is 5.66. The van der Waals surface area contributed by atoms with E-state index in [1.165, 1.54) is 6.07 Å². The molecule has 0 radical (unpaired) electrons. The summed E-state index contributed by atoms with van der Waals surface area (Å²) >= 11 is 5.86. The molecule has 0 atom stereocenters. The second kappa shape index (κ2) is 8.31. The minimum absolute atomic E-state index is 0.00916. The SMILES string of the molecule is Cc1cccc(Nc2ncnc(NNC(=O)c3cccc(Cl)c3)c2[N+](=O)[O-])c1. The molecule has 0 aliphatic rings. The van der Waals surface area contributed by atoms with E-state index in [1.54, 1.807) is 24.3 Å². The number of anilines is 3. The topological polar surface area (TPSA) is 122 Å². The maximum Gasteiger partial charge on any atom is 0.355 e. The molecule has 3 N–H and O–H groups in total. The van der Waals surface area contributed by atoms with Crippen molar-refractivity contribution >= 4 is 40.5 Å². The molecule has 0 aliphatic heterocycles. The Bertz CT molecular complexity index is 1040. The Morgan fingerprint density at radius 1 is 1.11 bits per heavy atom. The number of nitrogens with one attached hydrogen (secondary N) is 3. The Morgan fingerprint density at radius 2 is 1.86 bits per heavy atom. The van der Waals surface area contributed by atoms with Crippen molar-refractivity contribution < 1.29 is 9.72 Å². The van der Waals surface area contributed by atoms with E-state index in [0.717, 1.165) is 11.9 Å². The Balaban J connectivity index is 1.83. The first-order valence-electron chi connectivity index (χ1n) is 8.09. The quantitative estimate of drug-likeness (QED) is 0.425. The molecule has 0 bridgehead atoms. The number of halogens is 1. The maximum absolute atomic E-state index is 12.2. The predicted octanol–water partition coefficient (Wildman–Crippen LogP) is 3.85. The highest BCUT2D eigenvalue weighted by atomic mass is 35.5. The van der Waals surface area contributed by atoms with Gasteiger partial charge in [-0.15, -0.1) is 0 Å². The summed E-state index contributed by atoms with van der Waals surface area (Å²) < 4.78 is 0. The fraction of sp³-hybridized carbons (Fsp3) is 0.0556. The Hall–Kier alpha value is -3.72. The second-order valence-electron chi connectivity index (χ2n) is 5.76. The van der Waals surface area contributed by atoms with Crippen LogP contribution in [0.15, 0.2) is 54.9 Å². The van der Waals surface area contributed by atoms with Crippen molar-refractivity contribution in [2.75, 3.05) is 10.7 Å². The van der Waals surface area contributed by atoms with Gasteiger partial charge in [0, 0.05) is 16.3 Å². The monoisotopic (exact) mass is 398 g/mol. The van der Waals surface area contributed by atoms with Crippen molar-refractivity contribution in [3.8, 4) is 0 Å². The van der Waals surface area contributed by atoms with Crippen LogP contribution in [-0.4, -0.2) is 20.8 Å². The zero-order valence-corrected chi connectivity index (χ0v) is 15.4. The summed E-state index contributed by atoms with van der Waals surface area (Å²) in [6.45, 7) is 1.90. The van der Waals surface area contributed by atoms with E-state index in [4.69, 9.17) is 11.6 Å². The predicted molar refractivity (Wildman–Crippen MR) is 106 cm³/mol. The summed E-state index contributed by atoms with van der Waals surface area (Å²) in [7, 11) is 0. The van der Waals surface area contributed by atoms with Gasteiger partial charge in [0.2, 0.25) is 11.6 Å². The lowest BCUT2D eigenvalue weighted by Gasteiger charge is -2.11. The number of hydrogen-bond acceptors (Lipinski definition) is 7. The molecule has 0 aliphatic carbocycles. The van der Waals surface area contributed by atoms with Gasteiger partial charge in [-0.1, -0.05) is 29.8 Å². The fourth-order valence-electron chi connectivity index (χ4n) is 2.41. The average Bonchev–Trinajstić information content (AvgIpc) is 2.66. The number of amides is 1. The number of carbonyl (C=O) groups excluding carboxylic acids is 1. The van der Waals surface area contributed by atoms with Gasteiger partial charge >= 0.3 is 5.69 Å². The van der Waals surface area contributed by atoms with E-state index in [9.17, 15) is 14.9 Å². The van der Waals surface area contributed by atoms with Gasteiger partial charge in [0.15, 0.2) is 0 Å². The van der Waals surface area contributed by atoms with Crippen LogP contribution < -0.4 is 16.2 Å². The number of nitrogens with zero attached hydrogens (tertiary/aromatic N) is 3. The van der Waals surface area contributed by atoms with Gasteiger partial charge in [0.1, 0.15) is 6.33 Å². The molecule has 3 aromatic rings. The first kappa shape index (κ1) is 19.1. The number of rotatable bonds is 6. The maximum atomic E-state index is 12.2. The third-order valence-corrected chi connectivity index (χ3v) is 3.90. The first-order valence-corrected chi connectivity index (χ1v) is 8.47. The third-order valence-electron chi connectivity index (χ3n) is 3.67. The molecule has 1 amide bonds. The van der Waals surface area contributed by atoms with Gasteiger partial charge in [-0.25, -0.2) is 9.97 Å². The molecule has 1 heterocycles. The van der Waals surface area contributed by atoms with Crippen LogP contribution in [0.25, 0.3) is 0 Å². The molecule has 10 heteroatoms. The number of benzene rings is 2. The molecule has 0 spiro atoms. The van der Waals surface area contributed by atoms with E-state index in [1.807, 2.05) is 25.1 Å². The molecule has 142 valence electrons. The van der Waals surface area contributed by atoms with Crippen LogP contribution in [0.4, 0.5) is 23.0 Å². The van der Waals surface area contributed by atoms with Crippen LogP contribution >= 0.6 is 11.6 Å². The van der Waals surface area contributed by atoms with E-state index in [0.29, 0.717) is 10.7 Å². The highest BCUT2D eigenvalue weighted by Crippen LogP contribution is 2.30. The summed E-state index contributed by atoms with van der Waals surface area (Å²) in [5.41, 5.74) is 6.34. The highest BCUT2D eigenvalue weighted by molar-refractivity contribution is 6.30. The highest BCUT2D eigenvalue weighted by Gasteiger charge is 2.23. The summed E-state index contributed by atoms with van der Waals surface area (Å²) in [5, 5.41) is 14.9. The zero-order valence-electron chi connectivity index (χ0n) is 14.6. The lowest BCUT2D eigenvalue weighted by Crippen LogP contribution is -2.30. The number of aryl methyl sites for hydroxylation is 1. The van der Waals surface area contributed by atoms with Crippen molar-refractivity contribution in [1.29, 1.82) is 0 Å². The molecule has 0 unspecified atom stereocenters. The lowest BCUT2D eigenvalue weighted by molar-refractivity contribution is -0.383. The number of hydrogen-bond donors (Lipinski definition) is 3. The van der Waals surface area contributed by atoms with E-state index < -0.39 is 16.5 Å². The molecule has 0 saturated carbocycles. The van der Waals surface area contributed by atoms with Gasteiger partial charge in [-0.3, -0.25) is 25.8 Å². The standard InChI is InChI=1S/C18H15ClN6O3/c1-11-4-2-7-14(8-11)22-16-15(25(27)28)17(21-10-20-16)23-24-18(26)12-5-3-6-13(19)9-12/h2-10H,1H3,(H,24,26)(H2,20,21,22,23).